The molecule has 1 heterocycles. The first-order valence-corrected chi connectivity index (χ1v) is 19.1. The Bertz CT molecular complexity index is 824. The minimum atomic E-state index is -1.46. The molecule has 2 atom stereocenters. The van der Waals surface area contributed by atoms with E-state index in [0.29, 0.717) is 6.42 Å². The number of rotatable bonds is 32. The van der Waals surface area contributed by atoms with Crippen LogP contribution in [0.4, 0.5) is 0 Å². The number of hydrogen-bond donors (Lipinski definition) is 2. The summed E-state index contributed by atoms with van der Waals surface area (Å²) in [6.07, 6.45) is 28.8. The van der Waals surface area contributed by atoms with Gasteiger partial charge in [-0.25, -0.2) is 4.79 Å². The van der Waals surface area contributed by atoms with Crippen LogP contribution >= 0.6 is 0 Å². The molecule has 0 fully saturated rings. The van der Waals surface area contributed by atoms with Gasteiger partial charge in [-0.2, -0.15) is 0 Å². The molecule has 1 rings (SSSR count). The van der Waals surface area contributed by atoms with Crippen LogP contribution in [-0.4, -0.2) is 46.9 Å². The highest BCUT2D eigenvalue weighted by atomic mass is 16.6. The van der Waals surface area contributed by atoms with Crippen molar-refractivity contribution in [3.05, 3.63) is 11.5 Å². The third-order valence-corrected chi connectivity index (χ3v) is 8.87. The second kappa shape index (κ2) is 29.1. The van der Waals surface area contributed by atoms with Crippen molar-refractivity contribution in [2.45, 2.75) is 206 Å². The van der Waals surface area contributed by atoms with Crippen LogP contribution in [0.1, 0.15) is 194 Å². The number of aliphatic hydroxyl groups excluding tert-OH is 2. The predicted molar refractivity (Wildman–Crippen MR) is 183 cm³/mol. The molecule has 8 heteroatoms. The number of unbranched alkanes of at least 4 members (excludes halogenated alkanes) is 24. The van der Waals surface area contributed by atoms with Crippen LogP contribution in [0.15, 0.2) is 11.5 Å². The van der Waals surface area contributed by atoms with Gasteiger partial charge in [0.2, 0.25) is 0 Å². The van der Waals surface area contributed by atoms with Gasteiger partial charge in [0.25, 0.3) is 5.76 Å². The topological polar surface area (TPSA) is 119 Å². The number of aliphatic hydroxyl groups is 2. The fourth-order valence-electron chi connectivity index (χ4n) is 5.89. The average Bonchev–Trinajstić information content (AvgIpc) is 3.32. The number of ether oxygens (including phenoxy) is 3. The quantitative estimate of drug-likeness (QED) is 0.0419. The molecule has 2 N–H and O–H groups in total. The Morgan fingerprint density at radius 1 is 0.609 bits per heavy atom. The first-order chi connectivity index (χ1) is 22.4. The lowest BCUT2D eigenvalue weighted by Gasteiger charge is -2.17. The lowest BCUT2D eigenvalue weighted by Crippen LogP contribution is -2.33. The van der Waals surface area contributed by atoms with Gasteiger partial charge in [-0.05, 0) is 12.8 Å². The summed E-state index contributed by atoms with van der Waals surface area (Å²) in [5.74, 6) is -3.33. The van der Waals surface area contributed by atoms with Crippen molar-refractivity contribution in [3.8, 4) is 0 Å². The van der Waals surface area contributed by atoms with Crippen molar-refractivity contribution in [2.75, 3.05) is 6.61 Å². The maximum absolute atomic E-state index is 12.2. The van der Waals surface area contributed by atoms with Gasteiger partial charge in [-0.1, -0.05) is 168 Å². The summed E-state index contributed by atoms with van der Waals surface area (Å²) in [6.45, 7) is 4.05. The number of carbonyl (C=O) groups excluding carboxylic acids is 3. The zero-order valence-corrected chi connectivity index (χ0v) is 29.5. The molecule has 1 aliphatic heterocycles. The third-order valence-electron chi connectivity index (χ3n) is 8.87. The summed E-state index contributed by atoms with van der Waals surface area (Å²) in [5.41, 5.74) is 0. The Labute approximate surface area is 280 Å². The Morgan fingerprint density at radius 3 is 1.35 bits per heavy atom. The van der Waals surface area contributed by atoms with Gasteiger partial charge >= 0.3 is 17.9 Å². The molecule has 0 saturated carbocycles. The van der Waals surface area contributed by atoms with E-state index < -0.39 is 48.2 Å². The maximum atomic E-state index is 12.2. The molecule has 8 nitrogen and oxygen atoms in total. The van der Waals surface area contributed by atoms with Crippen LogP contribution in [0.3, 0.4) is 0 Å². The monoisotopic (exact) mass is 652 g/mol. The molecule has 1 aliphatic rings. The van der Waals surface area contributed by atoms with Crippen LogP contribution in [0.2, 0.25) is 0 Å². The zero-order valence-electron chi connectivity index (χ0n) is 29.5. The Kier molecular flexibility index (Phi) is 26.5. The second-order valence-electron chi connectivity index (χ2n) is 13.2. The van der Waals surface area contributed by atoms with Gasteiger partial charge in [-0.3, -0.25) is 9.59 Å². The minimum absolute atomic E-state index is 0.131. The maximum Gasteiger partial charge on any atom is 0.378 e. The molecule has 0 radical (unpaired) electrons. The Balaban J connectivity index is 2.09. The van der Waals surface area contributed by atoms with E-state index in [9.17, 15) is 24.6 Å². The predicted octanol–water partition coefficient (Wildman–Crippen LogP) is 10.1. The standard InChI is InChI=1S/C38H68O8/c1-3-5-7-9-11-13-15-17-19-21-23-25-27-29-33(40)44-31-32(39)36-35(42)37(38(43)46-36)45-34(41)30-28-26-24-22-20-18-16-14-12-10-8-6-4-2/h32,36,39,42H,3-31H2,1-2H3/t32-,36+/m1/s1. The summed E-state index contributed by atoms with van der Waals surface area (Å²) >= 11 is 0. The largest absolute Gasteiger partial charge is 0.505 e. The Hall–Kier alpha value is -2.09. The highest BCUT2D eigenvalue weighted by Gasteiger charge is 2.42. The van der Waals surface area contributed by atoms with E-state index in [1.807, 2.05) is 0 Å². The normalized spacial score (nSPS) is 15.3. The molecule has 0 bridgehead atoms. The molecule has 0 aromatic heterocycles. The fourth-order valence-corrected chi connectivity index (χ4v) is 5.89. The number of carbonyl (C=O) groups is 3. The zero-order chi connectivity index (χ0) is 33.7. The van der Waals surface area contributed by atoms with Gasteiger partial charge in [0.05, 0.1) is 0 Å². The molecule has 0 aromatic carbocycles. The van der Waals surface area contributed by atoms with Crippen molar-refractivity contribution >= 4 is 17.9 Å². The molecular formula is C38H68O8. The van der Waals surface area contributed by atoms with E-state index in [0.717, 1.165) is 38.5 Å². The lowest BCUT2D eigenvalue weighted by molar-refractivity contribution is -0.157. The van der Waals surface area contributed by atoms with E-state index in [-0.39, 0.29) is 12.8 Å². The molecule has 46 heavy (non-hydrogen) atoms. The van der Waals surface area contributed by atoms with Crippen molar-refractivity contribution in [1.29, 1.82) is 0 Å². The van der Waals surface area contributed by atoms with Crippen molar-refractivity contribution in [1.82, 2.24) is 0 Å². The highest BCUT2D eigenvalue weighted by Crippen LogP contribution is 2.25. The average molecular weight is 653 g/mol. The van der Waals surface area contributed by atoms with E-state index in [2.05, 4.69) is 13.8 Å². The van der Waals surface area contributed by atoms with Crippen molar-refractivity contribution in [3.63, 3.8) is 0 Å². The summed E-state index contributed by atoms with van der Waals surface area (Å²) in [6, 6.07) is 0. The van der Waals surface area contributed by atoms with Gasteiger partial charge in [-0.15, -0.1) is 0 Å². The van der Waals surface area contributed by atoms with Crippen molar-refractivity contribution in [2.24, 2.45) is 0 Å². The van der Waals surface area contributed by atoms with Crippen LogP contribution in [0.5, 0.6) is 0 Å². The number of esters is 3. The smallest absolute Gasteiger partial charge is 0.378 e. The first-order valence-electron chi connectivity index (χ1n) is 19.1. The molecule has 0 aliphatic carbocycles. The molecule has 0 aromatic rings. The lowest BCUT2D eigenvalue weighted by atomic mass is 10.0. The molecule has 268 valence electrons. The first kappa shape index (κ1) is 41.9. The van der Waals surface area contributed by atoms with Crippen LogP contribution in [0, 0.1) is 0 Å². The van der Waals surface area contributed by atoms with Crippen LogP contribution < -0.4 is 0 Å². The van der Waals surface area contributed by atoms with Gasteiger partial charge in [0, 0.05) is 12.8 Å². The summed E-state index contributed by atoms with van der Waals surface area (Å²) < 4.78 is 15.2. The second-order valence-corrected chi connectivity index (χ2v) is 13.2. The molecule has 0 saturated heterocycles. The van der Waals surface area contributed by atoms with E-state index >= 15 is 0 Å². The number of hydrogen-bond acceptors (Lipinski definition) is 8. The Morgan fingerprint density at radius 2 is 0.957 bits per heavy atom. The number of cyclic esters (lactones) is 1. The molecule has 0 unspecified atom stereocenters. The van der Waals surface area contributed by atoms with Crippen molar-refractivity contribution < 1.29 is 38.8 Å². The minimum Gasteiger partial charge on any atom is -0.505 e. The molecule has 0 spiro atoms. The third kappa shape index (κ3) is 21.7. The highest BCUT2D eigenvalue weighted by molar-refractivity contribution is 5.92. The molecular weight excluding hydrogens is 584 g/mol. The van der Waals surface area contributed by atoms with Crippen LogP contribution in [-0.2, 0) is 28.6 Å². The van der Waals surface area contributed by atoms with E-state index in [1.165, 1.54) is 122 Å². The van der Waals surface area contributed by atoms with Gasteiger partial charge < -0.3 is 24.4 Å². The van der Waals surface area contributed by atoms with Crippen LogP contribution in [0.25, 0.3) is 0 Å². The molecule has 0 amide bonds. The fraction of sp³-hybridized carbons (Fsp3) is 0.868. The summed E-state index contributed by atoms with van der Waals surface area (Å²) in [4.78, 5) is 36.5. The summed E-state index contributed by atoms with van der Waals surface area (Å²) in [7, 11) is 0. The van der Waals surface area contributed by atoms with Gasteiger partial charge in [0.1, 0.15) is 12.7 Å². The summed E-state index contributed by atoms with van der Waals surface area (Å²) in [5, 5.41) is 20.7. The van der Waals surface area contributed by atoms with E-state index in [4.69, 9.17) is 14.2 Å². The van der Waals surface area contributed by atoms with Gasteiger partial charge in [0.15, 0.2) is 11.9 Å². The van der Waals surface area contributed by atoms with E-state index in [1.54, 1.807) is 0 Å². The SMILES string of the molecule is CCCCCCCCCCCCCCCC(=O)OC[C@@H](O)[C@@H]1OC(=O)C(OC(=O)CCCCCCCCCCCCCCC)=C1O.